The van der Waals surface area contributed by atoms with Crippen LogP contribution in [0, 0.1) is 0 Å². The summed E-state index contributed by atoms with van der Waals surface area (Å²) in [6.45, 7) is 3.52. The van der Waals surface area contributed by atoms with E-state index in [0.29, 0.717) is 12.2 Å². The molecule has 150 valence electrons. The van der Waals surface area contributed by atoms with Crippen LogP contribution in [0.5, 0.6) is 11.5 Å². The monoisotopic (exact) mass is 464 g/mol. The first-order valence-electron chi connectivity index (χ1n) is 9.06. The molecule has 0 atom stereocenters. The molecule has 3 rings (SSSR count). The van der Waals surface area contributed by atoms with Crippen molar-refractivity contribution in [3.05, 3.63) is 54.1 Å². The van der Waals surface area contributed by atoms with Gasteiger partial charge in [0.1, 0.15) is 11.5 Å². The molecule has 1 aliphatic heterocycles. The summed E-state index contributed by atoms with van der Waals surface area (Å²) in [5.74, 6) is 2.52. The molecule has 5 nitrogen and oxygen atoms in total. The lowest BCUT2D eigenvalue weighted by Crippen LogP contribution is -2.36. The van der Waals surface area contributed by atoms with Crippen molar-refractivity contribution in [3.63, 3.8) is 0 Å². The summed E-state index contributed by atoms with van der Waals surface area (Å²) in [6, 6.07) is 15.0. The quantitative estimate of drug-likeness (QED) is 0.547. The fourth-order valence-corrected chi connectivity index (χ4v) is 3.79. The number of carbonyl (C=O) groups excluding carboxylic acids is 1. The molecule has 1 aliphatic rings. The Bertz CT molecular complexity index is 812. The number of carbonyl (C=O) groups is 1. The normalized spacial score (nSPS) is 13.1. The van der Waals surface area contributed by atoms with E-state index in [0.717, 1.165) is 41.1 Å². The first-order chi connectivity index (χ1) is 13.2. The second-order valence-electron chi connectivity index (χ2n) is 6.00. The van der Waals surface area contributed by atoms with Crippen molar-refractivity contribution in [1.82, 2.24) is 0 Å². The lowest BCUT2D eigenvalue weighted by Gasteiger charge is -2.28. The predicted octanol–water partition coefficient (Wildman–Crippen LogP) is 4.85. The Kier molecular flexibility index (Phi) is 8.86. The molecule has 2 aromatic rings. The number of aliphatic imine (C=N–C) groups is 1. The number of anilines is 1. The highest BCUT2D eigenvalue weighted by Crippen LogP contribution is 2.31. The van der Waals surface area contributed by atoms with Crippen LogP contribution in [0.25, 0.3) is 0 Å². The van der Waals surface area contributed by atoms with Crippen molar-refractivity contribution in [2.45, 2.75) is 13.3 Å². The highest BCUT2D eigenvalue weighted by atomic mass is 79.9. The molecule has 0 bridgehead atoms. The number of rotatable bonds is 7. The third-order valence-corrected chi connectivity index (χ3v) is 5.28. The fraction of sp³-hybridized carbons (Fsp3) is 0.333. The van der Waals surface area contributed by atoms with Crippen molar-refractivity contribution >= 4 is 45.4 Å². The van der Waals surface area contributed by atoms with Crippen molar-refractivity contribution in [3.8, 4) is 11.5 Å². The molecule has 0 saturated heterocycles. The number of benzene rings is 2. The zero-order valence-electron chi connectivity index (χ0n) is 16.1. The molecular formula is C21H25BrN2O3S. The molecule has 0 amide bonds. The van der Waals surface area contributed by atoms with E-state index in [1.165, 1.54) is 0 Å². The van der Waals surface area contributed by atoms with E-state index in [1.807, 2.05) is 36.1 Å². The predicted molar refractivity (Wildman–Crippen MR) is 122 cm³/mol. The van der Waals surface area contributed by atoms with E-state index in [9.17, 15) is 4.79 Å². The largest absolute Gasteiger partial charge is 0.497 e. The number of thioether (sulfide) groups is 1. The number of ketones is 1. The third kappa shape index (κ3) is 5.52. The standard InChI is InChI=1S/C21H24N2O3S.BrH/c1-3-26-20-8-5-4-7-18(20)23(21-22-13-6-14-27-21)15-19(24)16-9-11-17(25-2)12-10-16;/h4-5,7-12H,3,6,13-15H2,1-2H3;1H. The maximum Gasteiger partial charge on any atom is 0.182 e. The molecule has 0 unspecified atom stereocenters. The molecule has 0 aromatic heterocycles. The number of nitrogens with zero attached hydrogens (tertiary/aromatic N) is 2. The second kappa shape index (κ2) is 11.1. The van der Waals surface area contributed by atoms with E-state index in [2.05, 4.69) is 4.99 Å². The van der Waals surface area contributed by atoms with Gasteiger partial charge < -0.3 is 14.4 Å². The van der Waals surface area contributed by atoms with Gasteiger partial charge in [0, 0.05) is 17.9 Å². The molecular weight excluding hydrogens is 440 g/mol. The van der Waals surface area contributed by atoms with Gasteiger partial charge in [-0.2, -0.15) is 0 Å². The summed E-state index contributed by atoms with van der Waals surface area (Å²) in [5.41, 5.74) is 1.52. The van der Waals surface area contributed by atoms with Gasteiger partial charge in [-0.3, -0.25) is 9.79 Å². The van der Waals surface area contributed by atoms with Crippen LogP contribution in [0.15, 0.2) is 53.5 Å². The van der Waals surface area contributed by atoms with Gasteiger partial charge in [0.05, 0.1) is 25.9 Å². The van der Waals surface area contributed by atoms with Crippen molar-refractivity contribution in [2.24, 2.45) is 4.99 Å². The number of Topliss-reactive ketones (excluding diaryl/α,β-unsaturated/α-hetero) is 1. The highest BCUT2D eigenvalue weighted by Gasteiger charge is 2.23. The lowest BCUT2D eigenvalue weighted by atomic mass is 10.1. The molecule has 0 spiro atoms. The summed E-state index contributed by atoms with van der Waals surface area (Å²) < 4.78 is 11.0. The third-order valence-electron chi connectivity index (χ3n) is 4.18. The number of methoxy groups -OCH3 is 1. The fourth-order valence-electron chi connectivity index (χ4n) is 2.84. The molecule has 28 heavy (non-hydrogen) atoms. The van der Waals surface area contributed by atoms with E-state index in [-0.39, 0.29) is 29.3 Å². The van der Waals surface area contributed by atoms with Crippen LogP contribution < -0.4 is 14.4 Å². The first kappa shape index (κ1) is 22.3. The van der Waals surface area contributed by atoms with Crippen molar-refractivity contribution < 1.29 is 14.3 Å². The van der Waals surface area contributed by atoms with E-state index < -0.39 is 0 Å². The van der Waals surface area contributed by atoms with E-state index in [4.69, 9.17) is 9.47 Å². The summed E-state index contributed by atoms with van der Waals surface area (Å²) in [4.78, 5) is 19.6. The average molecular weight is 465 g/mol. The Hall–Kier alpha value is -1.99. The zero-order valence-corrected chi connectivity index (χ0v) is 18.6. The Morgan fingerprint density at radius 3 is 2.57 bits per heavy atom. The van der Waals surface area contributed by atoms with Crippen LogP contribution in [0.1, 0.15) is 23.7 Å². The Labute approximate surface area is 180 Å². The molecule has 1 heterocycles. The van der Waals surface area contributed by atoms with Gasteiger partial charge in [0.2, 0.25) is 0 Å². The van der Waals surface area contributed by atoms with Gasteiger partial charge in [0.15, 0.2) is 11.0 Å². The summed E-state index contributed by atoms with van der Waals surface area (Å²) in [5, 5.41) is 0.871. The topological polar surface area (TPSA) is 51.1 Å². The summed E-state index contributed by atoms with van der Waals surface area (Å²) >= 11 is 1.68. The van der Waals surface area contributed by atoms with Gasteiger partial charge in [0.25, 0.3) is 0 Å². The second-order valence-corrected chi connectivity index (χ2v) is 7.07. The van der Waals surface area contributed by atoms with Crippen LogP contribution in [-0.2, 0) is 0 Å². The number of amidine groups is 1. The van der Waals surface area contributed by atoms with Crippen molar-refractivity contribution in [2.75, 3.05) is 37.5 Å². The van der Waals surface area contributed by atoms with Gasteiger partial charge in [-0.25, -0.2) is 0 Å². The molecule has 2 aromatic carbocycles. The SMILES string of the molecule is Br.CCOc1ccccc1N(CC(=O)c1ccc(OC)cc1)C1=NCCCS1. The van der Waals surface area contributed by atoms with Gasteiger partial charge in [-0.05, 0) is 49.7 Å². The average Bonchev–Trinajstić information content (AvgIpc) is 2.73. The molecule has 7 heteroatoms. The Balaban J connectivity index is 0.00000280. The van der Waals surface area contributed by atoms with Gasteiger partial charge >= 0.3 is 0 Å². The molecule has 0 aliphatic carbocycles. The highest BCUT2D eigenvalue weighted by molar-refractivity contribution is 8.93. The Morgan fingerprint density at radius 2 is 1.93 bits per heavy atom. The smallest absolute Gasteiger partial charge is 0.182 e. The minimum atomic E-state index is 0. The number of para-hydroxylation sites is 2. The number of ether oxygens (including phenoxy) is 2. The number of hydrogen-bond donors (Lipinski definition) is 0. The van der Waals surface area contributed by atoms with Crippen LogP contribution in [0.4, 0.5) is 5.69 Å². The summed E-state index contributed by atoms with van der Waals surface area (Å²) in [6.07, 6.45) is 1.06. The zero-order chi connectivity index (χ0) is 19.1. The van der Waals surface area contributed by atoms with Crippen LogP contribution >= 0.6 is 28.7 Å². The van der Waals surface area contributed by atoms with Crippen LogP contribution in [-0.4, -0.2) is 43.5 Å². The van der Waals surface area contributed by atoms with Gasteiger partial charge in [-0.1, -0.05) is 23.9 Å². The lowest BCUT2D eigenvalue weighted by molar-refractivity contribution is 0.100. The van der Waals surface area contributed by atoms with Crippen LogP contribution in [0.3, 0.4) is 0 Å². The molecule has 0 radical (unpaired) electrons. The maximum absolute atomic E-state index is 13.0. The minimum absolute atomic E-state index is 0. The van der Waals surface area contributed by atoms with Crippen molar-refractivity contribution in [1.29, 1.82) is 0 Å². The number of hydrogen-bond acceptors (Lipinski definition) is 6. The van der Waals surface area contributed by atoms with Crippen LogP contribution in [0.2, 0.25) is 0 Å². The van der Waals surface area contributed by atoms with E-state index >= 15 is 0 Å². The van der Waals surface area contributed by atoms with E-state index in [1.54, 1.807) is 43.1 Å². The maximum atomic E-state index is 13.0. The number of halogens is 1. The molecule has 0 N–H and O–H groups in total. The first-order valence-corrected chi connectivity index (χ1v) is 10.1. The molecule has 0 saturated carbocycles. The Morgan fingerprint density at radius 1 is 1.18 bits per heavy atom. The van der Waals surface area contributed by atoms with Gasteiger partial charge in [-0.15, -0.1) is 17.0 Å². The minimum Gasteiger partial charge on any atom is -0.497 e. The molecule has 0 fully saturated rings. The summed E-state index contributed by atoms with van der Waals surface area (Å²) in [7, 11) is 1.61.